The van der Waals surface area contributed by atoms with Crippen LogP contribution in [-0.4, -0.2) is 52.6 Å². The maximum atomic E-state index is 7.82. The van der Waals surface area contributed by atoms with Crippen molar-refractivity contribution < 1.29 is 14.2 Å². The summed E-state index contributed by atoms with van der Waals surface area (Å²) < 4.78 is 18.9. The van der Waals surface area contributed by atoms with Crippen LogP contribution in [0.15, 0.2) is 97.1 Å². The molecule has 6 nitrogen and oxygen atoms in total. The van der Waals surface area contributed by atoms with Crippen molar-refractivity contribution in [2.24, 2.45) is 0 Å². The van der Waals surface area contributed by atoms with E-state index in [1.54, 1.807) is 0 Å². The van der Waals surface area contributed by atoms with E-state index in [9.17, 15) is 0 Å². The van der Waals surface area contributed by atoms with Crippen molar-refractivity contribution in [3.8, 4) is 16.9 Å². The first-order valence-corrected chi connectivity index (χ1v) is 18.5. The molecule has 0 unspecified atom stereocenters. The normalized spacial score (nSPS) is 18.5. The van der Waals surface area contributed by atoms with Crippen LogP contribution in [0, 0.1) is 6.57 Å². The van der Waals surface area contributed by atoms with Gasteiger partial charge in [-0.1, -0.05) is 86.7 Å². The number of anilines is 2. The SMILES string of the molecule is [C-]#[N+]c1ccc2c(c1)C(CC)(CC)c1c3c(c4ccccc4c1-2)OC(c1ccc(N2CCOCC2)cc1)(c1ccc(N2CCOCC2)cc1)C=C3. The highest BCUT2D eigenvalue weighted by atomic mass is 16.5. The third-order valence-electron chi connectivity index (χ3n) is 11.9. The van der Waals surface area contributed by atoms with E-state index in [1.807, 2.05) is 6.07 Å². The summed E-state index contributed by atoms with van der Waals surface area (Å²) in [7, 11) is 0. The average Bonchev–Trinajstić information content (AvgIpc) is 3.51. The van der Waals surface area contributed by atoms with Gasteiger partial charge in [-0.25, -0.2) is 4.85 Å². The number of rotatable bonds is 6. The molecule has 51 heavy (non-hydrogen) atoms. The molecule has 256 valence electrons. The first kappa shape index (κ1) is 31.9. The lowest BCUT2D eigenvalue weighted by molar-refractivity contribution is 0.122. The van der Waals surface area contributed by atoms with E-state index in [0.717, 1.165) is 93.3 Å². The summed E-state index contributed by atoms with van der Waals surface area (Å²) >= 11 is 0. The minimum absolute atomic E-state index is 0.229. The Morgan fingerprint density at radius 2 is 1.27 bits per heavy atom. The number of hydrogen-bond acceptors (Lipinski definition) is 5. The van der Waals surface area contributed by atoms with Gasteiger partial charge in [0.05, 0.1) is 33.0 Å². The maximum Gasteiger partial charge on any atom is 0.187 e. The Kier molecular flexibility index (Phi) is 7.87. The van der Waals surface area contributed by atoms with Gasteiger partial charge in [0.1, 0.15) is 5.75 Å². The van der Waals surface area contributed by atoms with Gasteiger partial charge in [-0.05, 0) is 70.8 Å². The Morgan fingerprint density at radius 3 is 1.82 bits per heavy atom. The first-order chi connectivity index (χ1) is 25.1. The van der Waals surface area contributed by atoms with Gasteiger partial charge < -0.3 is 24.0 Å². The molecule has 9 rings (SSSR count). The zero-order valence-corrected chi connectivity index (χ0v) is 29.5. The Bertz CT molecular complexity index is 2120. The molecule has 0 spiro atoms. The van der Waals surface area contributed by atoms with Gasteiger partial charge in [0.25, 0.3) is 0 Å². The van der Waals surface area contributed by atoms with Crippen LogP contribution in [0.25, 0.3) is 32.8 Å². The zero-order chi connectivity index (χ0) is 34.6. The monoisotopic (exact) mass is 673 g/mol. The fraction of sp³-hybridized carbons (Fsp3) is 0.311. The molecule has 0 aromatic heterocycles. The number of benzene rings is 5. The number of hydrogen-bond donors (Lipinski definition) is 0. The van der Waals surface area contributed by atoms with Crippen LogP contribution < -0.4 is 14.5 Å². The Balaban J connectivity index is 1.24. The molecule has 0 atom stereocenters. The van der Waals surface area contributed by atoms with E-state index < -0.39 is 5.60 Å². The Morgan fingerprint density at radius 1 is 0.706 bits per heavy atom. The summed E-state index contributed by atoms with van der Waals surface area (Å²) in [5.74, 6) is 0.922. The Labute approximate surface area is 300 Å². The highest BCUT2D eigenvalue weighted by Gasteiger charge is 2.47. The van der Waals surface area contributed by atoms with Crippen molar-refractivity contribution in [2.75, 3.05) is 62.4 Å². The Hall–Kier alpha value is -5.09. The number of nitrogens with zero attached hydrogens (tertiary/aromatic N) is 3. The van der Waals surface area contributed by atoms with Crippen molar-refractivity contribution in [1.82, 2.24) is 0 Å². The van der Waals surface area contributed by atoms with Gasteiger partial charge in [0, 0.05) is 65.0 Å². The molecule has 5 aromatic carbocycles. The number of ether oxygens (including phenoxy) is 3. The van der Waals surface area contributed by atoms with Crippen LogP contribution in [0.1, 0.15) is 54.5 Å². The summed E-state index contributed by atoms with van der Waals surface area (Å²) in [5, 5.41) is 2.31. The van der Waals surface area contributed by atoms with Crippen LogP contribution in [0.2, 0.25) is 0 Å². The standard InChI is InChI=1S/C45H43N3O3/c1-4-44(5-2)40-30-33(46-3)14-19-38(40)41-36-8-6-7-9-37(36)43-39(42(41)44)20-21-45(51-43,31-10-15-34(16-11-31)47-22-26-49-27-23-47)32-12-17-35(18-13-32)48-24-28-50-29-25-48/h6-21,30H,4-5,22-29H2,1-2H3. The van der Waals surface area contributed by atoms with E-state index in [1.165, 1.54) is 39.0 Å². The highest BCUT2D eigenvalue weighted by Crippen LogP contribution is 2.60. The fourth-order valence-electron chi connectivity index (χ4n) is 9.16. The van der Waals surface area contributed by atoms with Crippen LogP contribution in [0.4, 0.5) is 17.1 Å². The van der Waals surface area contributed by atoms with E-state index in [4.69, 9.17) is 20.8 Å². The second-order valence-corrected chi connectivity index (χ2v) is 14.1. The van der Waals surface area contributed by atoms with Crippen molar-refractivity contribution in [3.63, 3.8) is 0 Å². The van der Waals surface area contributed by atoms with Crippen LogP contribution in [-0.2, 0) is 20.5 Å². The van der Waals surface area contributed by atoms with E-state index in [0.29, 0.717) is 5.69 Å². The molecular formula is C45H43N3O3. The molecule has 5 aromatic rings. The molecule has 0 saturated carbocycles. The van der Waals surface area contributed by atoms with Gasteiger partial charge in [-0.15, -0.1) is 0 Å². The largest absolute Gasteiger partial charge is 0.472 e. The minimum Gasteiger partial charge on any atom is -0.472 e. The molecule has 3 heterocycles. The fourth-order valence-corrected chi connectivity index (χ4v) is 9.16. The van der Waals surface area contributed by atoms with Crippen molar-refractivity contribution in [3.05, 3.63) is 136 Å². The van der Waals surface area contributed by atoms with Crippen molar-refractivity contribution in [2.45, 2.75) is 37.7 Å². The third kappa shape index (κ3) is 4.90. The van der Waals surface area contributed by atoms with Gasteiger partial charge in [-0.2, -0.15) is 0 Å². The third-order valence-corrected chi connectivity index (χ3v) is 11.9. The van der Waals surface area contributed by atoms with E-state index >= 15 is 0 Å². The lowest BCUT2D eigenvalue weighted by Gasteiger charge is -2.40. The molecular weight excluding hydrogens is 631 g/mol. The summed E-state index contributed by atoms with van der Waals surface area (Å²) in [6.45, 7) is 19.0. The topological polar surface area (TPSA) is 38.5 Å². The molecule has 3 aliphatic heterocycles. The predicted molar refractivity (Wildman–Crippen MR) is 206 cm³/mol. The van der Waals surface area contributed by atoms with E-state index in [-0.39, 0.29) is 5.41 Å². The summed E-state index contributed by atoms with van der Waals surface area (Å²) in [5.41, 5.74) is 10.5. The second-order valence-electron chi connectivity index (χ2n) is 14.1. The lowest BCUT2D eigenvalue weighted by Crippen LogP contribution is -2.37. The quantitative estimate of drug-likeness (QED) is 0.168. The van der Waals surface area contributed by atoms with Gasteiger partial charge in [0.15, 0.2) is 11.3 Å². The maximum absolute atomic E-state index is 7.82. The van der Waals surface area contributed by atoms with Gasteiger partial charge >= 0.3 is 0 Å². The van der Waals surface area contributed by atoms with Crippen LogP contribution >= 0.6 is 0 Å². The summed E-state index contributed by atoms with van der Waals surface area (Å²) in [4.78, 5) is 8.64. The average molecular weight is 674 g/mol. The molecule has 0 N–H and O–H groups in total. The van der Waals surface area contributed by atoms with E-state index in [2.05, 4.69) is 126 Å². The van der Waals surface area contributed by atoms with Crippen molar-refractivity contribution >= 4 is 33.9 Å². The molecule has 6 heteroatoms. The lowest BCUT2D eigenvalue weighted by atomic mass is 9.71. The van der Waals surface area contributed by atoms with Gasteiger partial charge in [0.2, 0.25) is 0 Å². The van der Waals surface area contributed by atoms with Crippen molar-refractivity contribution in [1.29, 1.82) is 0 Å². The predicted octanol–water partition coefficient (Wildman–Crippen LogP) is 9.50. The first-order valence-electron chi connectivity index (χ1n) is 18.5. The van der Waals surface area contributed by atoms with Gasteiger partial charge in [-0.3, -0.25) is 0 Å². The molecule has 0 bridgehead atoms. The summed E-state index contributed by atoms with van der Waals surface area (Å²) in [6, 6.07) is 33.0. The second kappa shape index (κ2) is 12.6. The van der Waals surface area contributed by atoms with Crippen LogP contribution in [0.5, 0.6) is 5.75 Å². The molecule has 2 saturated heterocycles. The molecule has 1 aliphatic carbocycles. The minimum atomic E-state index is -0.846. The molecule has 2 fully saturated rings. The number of morpholine rings is 2. The number of fused-ring (bicyclic) bond motifs is 8. The molecule has 4 aliphatic rings. The zero-order valence-electron chi connectivity index (χ0n) is 29.5. The van der Waals surface area contributed by atoms with Crippen LogP contribution in [0.3, 0.4) is 0 Å². The molecule has 0 radical (unpaired) electrons. The highest BCUT2D eigenvalue weighted by molar-refractivity contribution is 6.08. The summed E-state index contributed by atoms with van der Waals surface area (Å²) in [6.07, 6.45) is 6.50. The molecule has 0 amide bonds. The smallest absolute Gasteiger partial charge is 0.187 e.